The summed E-state index contributed by atoms with van der Waals surface area (Å²) in [6.45, 7) is 5.84. The molecule has 1 heterocycles. The summed E-state index contributed by atoms with van der Waals surface area (Å²) in [5.74, 6) is 1.86. The van der Waals surface area contributed by atoms with Crippen molar-refractivity contribution in [2.45, 2.75) is 13.8 Å². The first-order valence-electron chi connectivity index (χ1n) is 7.98. The predicted molar refractivity (Wildman–Crippen MR) is 91.8 cm³/mol. The largest absolute Gasteiger partial charge is 0.455 e. The van der Waals surface area contributed by atoms with Crippen molar-refractivity contribution in [1.29, 1.82) is 0 Å². The minimum absolute atomic E-state index is 0.0105. The SMILES string of the molecule is Cc1ccc(Oc2ccccc2NC(=O)C(C)C2CNC2)cc1. The van der Waals surface area contributed by atoms with Gasteiger partial charge < -0.3 is 15.4 Å². The van der Waals surface area contributed by atoms with Crippen molar-refractivity contribution in [2.24, 2.45) is 11.8 Å². The van der Waals surface area contributed by atoms with Gasteiger partial charge in [0.1, 0.15) is 5.75 Å². The maximum atomic E-state index is 12.4. The van der Waals surface area contributed by atoms with E-state index in [4.69, 9.17) is 4.74 Å². The van der Waals surface area contributed by atoms with Crippen molar-refractivity contribution >= 4 is 11.6 Å². The molecule has 1 aliphatic rings. The average molecular weight is 310 g/mol. The Labute approximate surface area is 136 Å². The van der Waals surface area contributed by atoms with E-state index in [0.29, 0.717) is 17.4 Å². The van der Waals surface area contributed by atoms with Gasteiger partial charge in [-0.15, -0.1) is 0 Å². The number of benzene rings is 2. The van der Waals surface area contributed by atoms with E-state index in [-0.39, 0.29) is 11.8 Å². The zero-order chi connectivity index (χ0) is 16.2. The highest BCUT2D eigenvalue weighted by molar-refractivity contribution is 5.94. The van der Waals surface area contributed by atoms with E-state index in [1.807, 2.05) is 62.4 Å². The molecule has 1 atom stereocenters. The van der Waals surface area contributed by atoms with Gasteiger partial charge in [-0.3, -0.25) is 4.79 Å². The zero-order valence-corrected chi connectivity index (χ0v) is 13.5. The van der Waals surface area contributed by atoms with Crippen molar-refractivity contribution in [3.8, 4) is 11.5 Å². The van der Waals surface area contributed by atoms with Crippen LogP contribution in [-0.2, 0) is 4.79 Å². The minimum atomic E-state index is -0.0105. The first-order valence-corrected chi connectivity index (χ1v) is 7.98. The Bertz CT molecular complexity index is 678. The van der Waals surface area contributed by atoms with E-state index >= 15 is 0 Å². The summed E-state index contributed by atoms with van der Waals surface area (Å²) in [6, 6.07) is 15.4. The Morgan fingerprint density at radius 1 is 1.17 bits per heavy atom. The predicted octanol–water partition coefficient (Wildman–Crippen LogP) is 3.58. The van der Waals surface area contributed by atoms with Crippen LogP contribution in [0.3, 0.4) is 0 Å². The number of rotatable bonds is 5. The summed E-state index contributed by atoms with van der Waals surface area (Å²) < 4.78 is 5.92. The zero-order valence-electron chi connectivity index (χ0n) is 13.5. The quantitative estimate of drug-likeness (QED) is 0.887. The van der Waals surface area contributed by atoms with Crippen molar-refractivity contribution in [3.63, 3.8) is 0 Å². The van der Waals surface area contributed by atoms with Crippen LogP contribution in [-0.4, -0.2) is 19.0 Å². The lowest BCUT2D eigenvalue weighted by atomic mass is 9.88. The molecular weight excluding hydrogens is 288 g/mol. The topological polar surface area (TPSA) is 50.4 Å². The molecule has 1 unspecified atom stereocenters. The van der Waals surface area contributed by atoms with Crippen LogP contribution in [0.4, 0.5) is 5.69 Å². The van der Waals surface area contributed by atoms with Gasteiger partial charge in [-0.25, -0.2) is 0 Å². The summed E-state index contributed by atoms with van der Waals surface area (Å²) in [6.07, 6.45) is 0. The number of anilines is 1. The van der Waals surface area contributed by atoms with E-state index in [1.54, 1.807) is 0 Å². The number of hydrogen-bond acceptors (Lipinski definition) is 3. The molecule has 0 aromatic heterocycles. The lowest BCUT2D eigenvalue weighted by Gasteiger charge is -2.31. The lowest BCUT2D eigenvalue weighted by molar-refractivity contribution is -0.121. The first-order chi connectivity index (χ1) is 11.1. The van der Waals surface area contributed by atoms with Crippen LogP contribution in [0, 0.1) is 18.8 Å². The van der Waals surface area contributed by atoms with Crippen LogP contribution in [0.15, 0.2) is 48.5 Å². The molecule has 1 amide bonds. The lowest BCUT2D eigenvalue weighted by Crippen LogP contribution is -2.48. The molecule has 0 bridgehead atoms. The molecule has 1 aliphatic heterocycles. The summed E-state index contributed by atoms with van der Waals surface area (Å²) in [5.41, 5.74) is 1.89. The van der Waals surface area contributed by atoms with Crippen molar-refractivity contribution < 1.29 is 9.53 Å². The van der Waals surface area contributed by atoms with Crippen LogP contribution in [0.25, 0.3) is 0 Å². The summed E-state index contributed by atoms with van der Waals surface area (Å²) in [4.78, 5) is 12.4. The van der Waals surface area contributed by atoms with E-state index in [1.165, 1.54) is 5.56 Å². The van der Waals surface area contributed by atoms with Crippen molar-refractivity contribution in [3.05, 3.63) is 54.1 Å². The van der Waals surface area contributed by atoms with Gasteiger partial charge in [0, 0.05) is 5.92 Å². The van der Waals surface area contributed by atoms with Gasteiger partial charge in [-0.05, 0) is 50.2 Å². The molecule has 1 fully saturated rings. The Morgan fingerprint density at radius 2 is 1.87 bits per heavy atom. The van der Waals surface area contributed by atoms with E-state index in [2.05, 4.69) is 10.6 Å². The molecule has 3 rings (SSSR count). The molecular formula is C19H22N2O2. The number of nitrogens with one attached hydrogen (secondary N) is 2. The van der Waals surface area contributed by atoms with Gasteiger partial charge in [0.15, 0.2) is 5.75 Å². The molecule has 0 radical (unpaired) electrons. The Kier molecular flexibility index (Phi) is 4.63. The fraction of sp³-hybridized carbons (Fsp3) is 0.316. The van der Waals surface area contributed by atoms with E-state index < -0.39 is 0 Å². The smallest absolute Gasteiger partial charge is 0.227 e. The van der Waals surface area contributed by atoms with Gasteiger partial charge in [0.2, 0.25) is 5.91 Å². The molecule has 1 saturated heterocycles. The summed E-state index contributed by atoms with van der Waals surface area (Å²) in [5, 5.41) is 6.20. The monoisotopic (exact) mass is 310 g/mol. The standard InChI is InChI=1S/C19H22N2O2/c1-13-7-9-16(10-8-13)23-18-6-4-3-5-17(18)21-19(22)14(2)15-11-20-12-15/h3-10,14-15,20H,11-12H2,1-2H3,(H,21,22). The second-order valence-electron chi connectivity index (χ2n) is 6.11. The molecule has 0 saturated carbocycles. The number of carbonyl (C=O) groups is 1. The van der Waals surface area contributed by atoms with Gasteiger partial charge in [0.25, 0.3) is 0 Å². The first kappa shape index (κ1) is 15.6. The Hall–Kier alpha value is -2.33. The second kappa shape index (κ2) is 6.84. The van der Waals surface area contributed by atoms with Crippen LogP contribution in [0.1, 0.15) is 12.5 Å². The summed E-state index contributed by atoms with van der Waals surface area (Å²) >= 11 is 0. The Morgan fingerprint density at radius 3 is 2.52 bits per heavy atom. The fourth-order valence-electron chi connectivity index (χ4n) is 2.52. The number of para-hydroxylation sites is 2. The minimum Gasteiger partial charge on any atom is -0.455 e. The van der Waals surface area contributed by atoms with Crippen LogP contribution in [0.5, 0.6) is 11.5 Å². The van der Waals surface area contributed by atoms with E-state index in [0.717, 1.165) is 18.8 Å². The van der Waals surface area contributed by atoms with E-state index in [9.17, 15) is 4.79 Å². The molecule has 0 aliphatic carbocycles. The third-order valence-electron chi connectivity index (χ3n) is 4.33. The molecule has 4 nitrogen and oxygen atoms in total. The maximum Gasteiger partial charge on any atom is 0.227 e. The van der Waals surface area contributed by atoms with Gasteiger partial charge in [-0.2, -0.15) is 0 Å². The molecule has 4 heteroatoms. The van der Waals surface area contributed by atoms with Gasteiger partial charge >= 0.3 is 0 Å². The number of aryl methyl sites for hydroxylation is 1. The highest BCUT2D eigenvalue weighted by atomic mass is 16.5. The van der Waals surface area contributed by atoms with Crippen LogP contribution >= 0.6 is 0 Å². The van der Waals surface area contributed by atoms with Gasteiger partial charge in [-0.1, -0.05) is 36.8 Å². The molecule has 120 valence electrons. The second-order valence-corrected chi connectivity index (χ2v) is 6.11. The molecule has 2 aromatic carbocycles. The van der Waals surface area contributed by atoms with Crippen LogP contribution in [0.2, 0.25) is 0 Å². The number of amides is 1. The number of hydrogen-bond donors (Lipinski definition) is 2. The molecule has 2 N–H and O–H groups in total. The Balaban J connectivity index is 1.72. The van der Waals surface area contributed by atoms with Crippen LogP contribution < -0.4 is 15.4 Å². The summed E-state index contributed by atoms with van der Waals surface area (Å²) in [7, 11) is 0. The molecule has 2 aromatic rings. The fourth-order valence-corrected chi connectivity index (χ4v) is 2.52. The van der Waals surface area contributed by atoms with Crippen molar-refractivity contribution in [2.75, 3.05) is 18.4 Å². The maximum absolute atomic E-state index is 12.4. The normalized spacial score (nSPS) is 15.6. The molecule has 23 heavy (non-hydrogen) atoms. The third-order valence-corrected chi connectivity index (χ3v) is 4.33. The molecule has 0 spiro atoms. The highest BCUT2D eigenvalue weighted by Gasteiger charge is 2.29. The van der Waals surface area contributed by atoms with Crippen molar-refractivity contribution in [1.82, 2.24) is 5.32 Å². The van der Waals surface area contributed by atoms with Gasteiger partial charge in [0.05, 0.1) is 5.69 Å². The average Bonchev–Trinajstić information content (AvgIpc) is 2.49. The number of ether oxygens (including phenoxy) is 1. The third kappa shape index (κ3) is 3.71. The number of carbonyl (C=O) groups excluding carboxylic acids is 1. The highest BCUT2D eigenvalue weighted by Crippen LogP contribution is 2.30.